The predicted octanol–water partition coefficient (Wildman–Crippen LogP) is 1.70. The van der Waals surface area contributed by atoms with Gasteiger partial charge in [-0.25, -0.2) is 9.97 Å². The number of aromatic nitrogens is 2. The van der Waals surface area contributed by atoms with Crippen LogP contribution >= 0.6 is 11.8 Å². The maximum absolute atomic E-state index is 12.8. The van der Waals surface area contributed by atoms with Crippen LogP contribution in [0.15, 0.2) is 35.6 Å². The molecule has 2 aromatic rings. The Hall–Kier alpha value is -2.21. The second kappa shape index (κ2) is 4.64. The van der Waals surface area contributed by atoms with E-state index in [-0.39, 0.29) is 5.91 Å². The fourth-order valence-corrected chi connectivity index (χ4v) is 3.77. The van der Waals surface area contributed by atoms with E-state index in [4.69, 9.17) is 0 Å². The lowest BCUT2D eigenvalue weighted by molar-refractivity contribution is -0.124. The van der Waals surface area contributed by atoms with Crippen molar-refractivity contribution in [1.82, 2.24) is 15.3 Å². The SMILES string of the molecule is CSc1ncc2c(n1)C1(CCc3ccccc31)C(=O)NC2=O. The zero-order chi connectivity index (χ0) is 15.3. The molecule has 1 spiro atoms. The molecule has 110 valence electrons. The molecule has 5 nitrogen and oxygen atoms in total. The van der Waals surface area contributed by atoms with Crippen LogP contribution < -0.4 is 5.32 Å². The highest BCUT2D eigenvalue weighted by Crippen LogP contribution is 2.46. The van der Waals surface area contributed by atoms with E-state index in [1.165, 1.54) is 18.0 Å². The van der Waals surface area contributed by atoms with Crippen molar-refractivity contribution in [3.8, 4) is 0 Å². The van der Waals surface area contributed by atoms with Crippen molar-refractivity contribution in [3.05, 3.63) is 52.8 Å². The van der Waals surface area contributed by atoms with Crippen LogP contribution in [0.2, 0.25) is 0 Å². The van der Waals surface area contributed by atoms with Crippen molar-refractivity contribution in [1.29, 1.82) is 0 Å². The molecule has 0 saturated carbocycles. The van der Waals surface area contributed by atoms with E-state index in [0.717, 1.165) is 17.5 Å². The summed E-state index contributed by atoms with van der Waals surface area (Å²) in [6.07, 6.45) is 4.83. The molecule has 1 aliphatic heterocycles. The zero-order valence-electron chi connectivity index (χ0n) is 11.9. The normalized spacial score (nSPS) is 22.4. The van der Waals surface area contributed by atoms with E-state index >= 15 is 0 Å². The first kappa shape index (κ1) is 13.5. The van der Waals surface area contributed by atoms with Gasteiger partial charge in [0.1, 0.15) is 5.41 Å². The lowest BCUT2D eigenvalue weighted by Crippen LogP contribution is -2.52. The Morgan fingerprint density at radius 1 is 1.27 bits per heavy atom. The number of amides is 2. The molecule has 0 radical (unpaired) electrons. The number of hydrogen-bond donors (Lipinski definition) is 1. The molecule has 2 heterocycles. The fourth-order valence-electron chi connectivity index (χ4n) is 3.43. The Bertz CT molecular complexity index is 821. The molecule has 1 atom stereocenters. The lowest BCUT2D eigenvalue weighted by atomic mass is 9.74. The number of aryl methyl sites for hydroxylation is 1. The molecular weight excluding hydrogens is 298 g/mol. The van der Waals surface area contributed by atoms with Crippen molar-refractivity contribution >= 4 is 23.6 Å². The summed E-state index contributed by atoms with van der Waals surface area (Å²) in [5.41, 5.74) is 2.17. The van der Waals surface area contributed by atoms with Crippen LogP contribution in [-0.4, -0.2) is 28.0 Å². The molecule has 2 amide bonds. The van der Waals surface area contributed by atoms with Gasteiger partial charge in [0.05, 0.1) is 11.3 Å². The van der Waals surface area contributed by atoms with E-state index in [2.05, 4.69) is 15.3 Å². The number of thioether (sulfide) groups is 1. The Labute approximate surface area is 131 Å². The number of rotatable bonds is 1. The topological polar surface area (TPSA) is 72.0 Å². The van der Waals surface area contributed by atoms with Gasteiger partial charge in [0.15, 0.2) is 5.16 Å². The molecule has 0 fully saturated rings. The Morgan fingerprint density at radius 3 is 2.91 bits per heavy atom. The molecule has 1 N–H and O–H groups in total. The van der Waals surface area contributed by atoms with Gasteiger partial charge < -0.3 is 0 Å². The quantitative estimate of drug-likeness (QED) is 0.493. The average molecular weight is 311 g/mol. The van der Waals surface area contributed by atoms with Gasteiger partial charge in [0.2, 0.25) is 5.91 Å². The van der Waals surface area contributed by atoms with Crippen molar-refractivity contribution < 1.29 is 9.59 Å². The number of nitrogens with zero attached hydrogens (tertiary/aromatic N) is 2. The summed E-state index contributed by atoms with van der Waals surface area (Å²) in [4.78, 5) is 33.6. The third-order valence-electron chi connectivity index (χ3n) is 4.46. The molecule has 1 aromatic carbocycles. The predicted molar refractivity (Wildman–Crippen MR) is 81.8 cm³/mol. The van der Waals surface area contributed by atoms with Gasteiger partial charge in [0.25, 0.3) is 5.91 Å². The minimum absolute atomic E-state index is 0.277. The second-order valence-corrected chi connectivity index (χ2v) is 6.24. The maximum atomic E-state index is 12.8. The van der Waals surface area contributed by atoms with Crippen molar-refractivity contribution in [2.75, 3.05) is 6.26 Å². The van der Waals surface area contributed by atoms with Gasteiger partial charge in [0, 0.05) is 6.20 Å². The molecule has 4 rings (SSSR count). The lowest BCUT2D eigenvalue weighted by Gasteiger charge is -2.33. The number of fused-ring (bicyclic) bond motifs is 4. The summed E-state index contributed by atoms with van der Waals surface area (Å²) < 4.78 is 0. The zero-order valence-corrected chi connectivity index (χ0v) is 12.7. The molecule has 1 aliphatic carbocycles. The molecule has 0 saturated heterocycles. The first-order valence-electron chi connectivity index (χ1n) is 7.02. The van der Waals surface area contributed by atoms with E-state index in [1.807, 2.05) is 30.5 Å². The Balaban J connectivity index is 2.04. The Kier molecular flexibility index (Phi) is 2.84. The molecule has 1 aromatic heterocycles. The van der Waals surface area contributed by atoms with Crippen LogP contribution in [0.1, 0.15) is 33.6 Å². The summed E-state index contributed by atoms with van der Waals surface area (Å²) in [6.45, 7) is 0. The van der Waals surface area contributed by atoms with E-state index in [9.17, 15) is 9.59 Å². The number of benzene rings is 1. The van der Waals surface area contributed by atoms with Gasteiger partial charge in [-0.15, -0.1) is 0 Å². The Morgan fingerprint density at radius 2 is 2.09 bits per heavy atom. The highest BCUT2D eigenvalue weighted by molar-refractivity contribution is 7.98. The largest absolute Gasteiger partial charge is 0.291 e. The van der Waals surface area contributed by atoms with E-state index in [0.29, 0.717) is 22.8 Å². The highest BCUT2D eigenvalue weighted by Gasteiger charge is 2.53. The summed E-state index contributed by atoms with van der Waals surface area (Å²) in [7, 11) is 0. The molecule has 22 heavy (non-hydrogen) atoms. The number of nitrogens with one attached hydrogen (secondary N) is 1. The number of carbonyl (C=O) groups is 2. The van der Waals surface area contributed by atoms with Crippen LogP contribution in [-0.2, 0) is 16.6 Å². The maximum Gasteiger partial charge on any atom is 0.261 e. The minimum atomic E-state index is -0.868. The molecular formula is C16H13N3O2S. The summed E-state index contributed by atoms with van der Waals surface area (Å²) in [5, 5.41) is 3.06. The van der Waals surface area contributed by atoms with Crippen LogP contribution in [0, 0.1) is 0 Å². The fraction of sp³-hybridized carbons (Fsp3) is 0.250. The monoisotopic (exact) mass is 311 g/mol. The molecule has 2 aliphatic rings. The molecule has 6 heteroatoms. The smallest absolute Gasteiger partial charge is 0.261 e. The second-order valence-electron chi connectivity index (χ2n) is 5.46. The third kappa shape index (κ3) is 1.61. The highest BCUT2D eigenvalue weighted by atomic mass is 32.2. The van der Waals surface area contributed by atoms with Gasteiger partial charge >= 0.3 is 0 Å². The van der Waals surface area contributed by atoms with Crippen LogP contribution in [0.4, 0.5) is 0 Å². The van der Waals surface area contributed by atoms with E-state index in [1.54, 1.807) is 0 Å². The van der Waals surface area contributed by atoms with Crippen LogP contribution in [0.3, 0.4) is 0 Å². The van der Waals surface area contributed by atoms with Crippen LogP contribution in [0.25, 0.3) is 0 Å². The standard InChI is InChI=1S/C16H13N3O2S/c1-22-15-17-8-10-12(18-15)16(14(21)19-13(10)20)7-6-9-4-2-3-5-11(9)16/h2-5,8H,6-7H2,1H3,(H,19,20,21). The van der Waals surface area contributed by atoms with Gasteiger partial charge in [-0.1, -0.05) is 36.0 Å². The average Bonchev–Trinajstić information content (AvgIpc) is 2.93. The van der Waals surface area contributed by atoms with Crippen molar-refractivity contribution in [3.63, 3.8) is 0 Å². The number of carbonyl (C=O) groups excluding carboxylic acids is 2. The number of hydrogen-bond acceptors (Lipinski definition) is 5. The van der Waals surface area contributed by atoms with Gasteiger partial charge in [-0.05, 0) is 30.2 Å². The van der Waals surface area contributed by atoms with Crippen molar-refractivity contribution in [2.24, 2.45) is 0 Å². The minimum Gasteiger partial charge on any atom is -0.291 e. The van der Waals surface area contributed by atoms with E-state index < -0.39 is 11.3 Å². The van der Waals surface area contributed by atoms with Gasteiger partial charge in [-0.2, -0.15) is 0 Å². The first-order valence-corrected chi connectivity index (χ1v) is 8.25. The number of imide groups is 1. The molecule has 0 bridgehead atoms. The first-order chi connectivity index (χ1) is 10.7. The van der Waals surface area contributed by atoms with Crippen LogP contribution in [0.5, 0.6) is 0 Å². The third-order valence-corrected chi connectivity index (χ3v) is 5.02. The molecule has 1 unspecified atom stereocenters. The van der Waals surface area contributed by atoms with Gasteiger partial charge in [-0.3, -0.25) is 14.9 Å². The summed E-state index contributed by atoms with van der Waals surface area (Å²) in [6, 6.07) is 7.89. The van der Waals surface area contributed by atoms with Crippen molar-refractivity contribution in [2.45, 2.75) is 23.4 Å². The summed E-state index contributed by atoms with van der Waals surface area (Å²) >= 11 is 1.40. The summed E-state index contributed by atoms with van der Waals surface area (Å²) in [5.74, 6) is -0.691.